The van der Waals surface area contributed by atoms with Gasteiger partial charge in [0.1, 0.15) is 29.8 Å². The number of imidazole rings is 1. The van der Waals surface area contributed by atoms with Crippen molar-refractivity contribution < 1.29 is 30.3 Å². The summed E-state index contributed by atoms with van der Waals surface area (Å²) < 4.78 is 6.91. The van der Waals surface area contributed by atoms with E-state index in [4.69, 9.17) is 16.3 Å². The van der Waals surface area contributed by atoms with E-state index in [0.717, 1.165) is 0 Å². The van der Waals surface area contributed by atoms with Crippen molar-refractivity contribution >= 4 is 28.6 Å². The first-order chi connectivity index (χ1) is 13.9. The highest BCUT2D eigenvalue weighted by Crippen LogP contribution is 2.33. The number of aromatic nitrogens is 4. The molecular formula is C17H18ClN5O6. The summed E-state index contributed by atoms with van der Waals surface area (Å²) in [5.41, 5.74) is 0.977. The summed E-state index contributed by atoms with van der Waals surface area (Å²) in [7, 11) is 0. The van der Waals surface area contributed by atoms with E-state index in [-0.39, 0.29) is 34.8 Å². The van der Waals surface area contributed by atoms with E-state index >= 15 is 0 Å². The van der Waals surface area contributed by atoms with Gasteiger partial charge in [-0.2, -0.15) is 9.97 Å². The maximum atomic E-state index is 10.3. The Morgan fingerprint density at radius 3 is 2.69 bits per heavy atom. The van der Waals surface area contributed by atoms with Crippen LogP contribution < -0.4 is 5.32 Å². The number of phenols is 2. The van der Waals surface area contributed by atoms with Gasteiger partial charge < -0.3 is 35.6 Å². The molecule has 29 heavy (non-hydrogen) atoms. The topological polar surface area (TPSA) is 166 Å². The number of fused-ring (bicyclic) bond motifs is 1. The number of ether oxygens (including phenoxy) is 1. The number of aliphatic hydroxyl groups excluding tert-OH is 3. The van der Waals surface area contributed by atoms with Crippen molar-refractivity contribution in [3.63, 3.8) is 0 Å². The van der Waals surface area contributed by atoms with Crippen LogP contribution in [0.1, 0.15) is 11.8 Å². The SMILES string of the molecule is OC[C@H]1O[C@@H](n2cnc3c(NCc4cc(O)ccc4O)nc(Cl)nc32)[C@H](O)[C@@H]1O. The Labute approximate surface area is 168 Å². The summed E-state index contributed by atoms with van der Waals surface area (Å²) in [5, 5.41) is 51.9. The highest BCUT2D eigenvalue weighted by Gasteiger charge is 2.44. The highest BCUT2D eigenvalue weighted by atomic mass is 35.5. The lowest BCUT2D eigenvalue weighted by molar-refractivity contribution is -0.0511. The molecule has 1 aliphatic rings. The van der Waals surface area contributed by atoms with Crippen LogP contribution in [0, 0.1) is 0 Å². The monoisotopic (exact) mass is 423 g/mol. The number of benzene rings is 1. The second-order valence-corrected chi connectivity index (χ2v) is 6.90. The predicted octanol–water partition coefficient (Wildman–Crippen LogP) is 0.114. The van der Waals surface area contributed by atoms with E-state index in [2.05, 4.69) is 20.3 Å². The molecule has 1 fully saturated rings. The minimum atomic E-state index is -1.31. The van der Waals surface area contributed by atoms with Crippen molar-refractivity contribution in [2.45, 2.75) is 31.1 Å². The fourth-order valence-electron chi connectivity index (χ4n) is 3.20. The van der Waals surface area contributed by atoms with E-state index < -0.39 is 31.1 Å². The van der Waals surface area contributed by atoms with E-state index in [1.807, 2.05) is 0 Å². The van der Waals surface area contributed by atoms with Crippen LogP contribution in [-0.2, 0) is 11.3 Å². The molecule has 2 aromatic heterocycles. The second-order valence-electron chi connectivity index (χ2n) is 6.56. The van der Waals surface area contributed by atoms with Crippen molar-refractivity contribution in [2.75, 3.05) is 11.9 Å². The molecule has 0 amide bonds. The predicted molar refractivity (Wildman–Crippen MR) is 100 cm³/mol. The van der Waals surface area contributed by atoms with Crippen molar-refractivity contribution in [1.29, 1.82) is 0 Å². The number of nitrogens with zero attached hydrogens (tertiary/aromatic N) is 4. The van der Waals surface area contributed by atoms with Crippen LogP contribution in [-0.4, -0.2) is 70.0 Å². The summed E-state index contributed by atoms with van der Waals surface area (Å²) in [6, 6.07) is 4.13. The number of phenolic OH excluding ortho intramolecular Hbond substituents is 2. The van der Waals surface area contributed by atoms with Gasteiger partial charge in [0.25, 0.3) is 0 Å². The smallest absolute Gasteiger partial charge is 0.226 e. The number of aliphatic hydroxyl groups is 3. The summed E-state index contributed by atoms with van der Waals surface area (Å²) >= 11 is 6.03. The van der Waals surface area contributed by atoms with Crippen molar-refractivity contribution in [1.82, 2.24) is 19.5 Å². The summed E-state index contributed by atoms with van der Waals surface area (Å²) in [6.45, 7) is -0.347. The number of halogens is 1. The quantitative estimate of drug-likeness (QED) is 0.245. The van der Waals surface area contributed by atoms with Crippen molar-refractivity contribution in [2.24, 2.45) is 0 Å². The molecule has 3 aromatic rings. The Kier molecular flexibility index (Phi) is 5.15. The molecule has 3 heterocycles. The molecule has 0 spiro atoms. The summed E-state index contributed by atoms with van der Waals surface area (Å²) in [4.78, 5) is 12.5. The fourth-order valence-corrected chi connectivity index (χ4v) is 3.37. The molecule has 1 saturated heterocycles. The zero-order valence-electron chi connectivity index (χ0n) is 14.8. The Morgan fingerprint density at radius 2 is 1.97 bits per heavy atom. The third-order valence-corrected chi connectivity index (χ3v) is 4.86. The van der Waals surface area contributed by atoms with Gasteiger partial charge in [0.2, 0.25) is 5.28 Å². The van der Waals surface area contributed by atoms with Gasteiger partial charge in [-0.05, 0) is 29.8 Å². The molecule has 0 saturated carbocycles. The van der Waals surface area contributed by atoms with Gasteiger partial charge >= 0.3 is 0 Å². The van der Waals surface area contributed by atoms with Crippen LogP contribution in [0.3, 0.4) is 0 Å². The van der Waals surface area contributed by atoms with Gasteiger partial charge in [-0.15, -0.1) is 0 Å². The molecular weight excluding hydrogens is 406 g/mol. The van der Waals surface area contributed by atoms with Gasteiger partial charge in [0.05, 0.1) is 12.9 Å². The molecule has 0 radical (unpaired) electrons. The lowest BCUT2D eigenvalue weighted by Gasteiger charge is -2.16. The number of hydrogen-bond acceptors (Lipinski definition) is 10. The number of rotatable bonds is 5. The lowest BCUT2D eigenvalue weighted by atomic mass is 10.1. The average molecular weight is 424 g/mol. The molecule has 0 aliphatic carbocycles. The van der Waals surface area contributed by atoms with Crippen LogP contribution in [0.2, 0.25) is 5.28 Å². The molecule has 0 unspecified atom stereocenters. The van der Waals surface area contributed by atoms with Gasteiger partial charge in [-0.25, -0.2) is 4.98 Å². The third kappa shape index (κ3) is 3.54. The van der Waals surface area contributed by atoms with Crippen LogP contribution in [0.5, 0.6) is 11.5 Å². The molecule has 1 aliphatic heterocycles. The summed E-state index contributed by atoms with van der Waals surface area (Å²) in [5.74, 6) is 0.246. The average Bonchev–Trinajstić information content (AvgIpc) is 3.23. The first-order valence-corrected chi connectivity index (χ1v) is 9.04. The maximum Gasteiger partial charge on any atom is 0.226 e. The van der Waals surface area contributed by atoms with Gasteiger partial charge in [0, 0.05) is 12.1 Å². The number of nitrogens with one attached hydrogen (secondary N) is 1. The molecule has 4 rings (SSSR count). The second kappa shape index (κ2) is 7.61. The zero-order valence-corrected chi connectivity index (χ0v) is 15.6. The maximum absolute atomic E-state index is 10.3. The summed E-state index contributed by atoms with van der Waals surface area (Å²) in [6.07, 6.45) is -3.20. The van der Waals surface area contributed by atoms with Crippen LogP contribution >= 0.6 is 11.6 Å². The zero-order chi connectivity index (χ0) is 20.7. The molecule has 11 nitrogen and oxygen atoms in total. The first kappa shape index (κ1) is 19.6. The van der Waals surface area contributed by atoms with Crippen LogP contribution in [0.4, 0.5) is 5.82 Å². The Balaban J connectivity index is 1.66. The van der Waals surface area contributed by atoms with E-state index in [1.54, 1.807) is 0 Å². The fraction of sp³-hybridized carbons (Fsp3) is 0.353. The van der Waals surface area contributed by atoms with E-state index in [9.17, 15) is 25.5 Å². The van der Waals surface area contributed by atoms with Crippen LogP contribution in [0.25, 0.3) is 11.2 Å². The van der Waals surface area contributed by atoms with Crippen molar-refractivity contribution in [3.05, 3.63) is 35.4 Å². The van der Waals surface area contributed by atoms with Gasteiger partial charge in [-0.1, -0.05) is 0 Å². The Bertz CT molecular complexity index is 1050. The lowest BCUT2D eigenvalue weighted by Crippen LogP contribution is -2.33. The molecule has 6 N–H and O–H groups in total. The molecule has 154 valence electrons. The van der Waals surface area contributed by atoms with E-state index in [0.29, 0.717) is 11.1 Å². The van der Waals surface area contributed by atoms with Crippen LogP contribution in [0.15, 0.2) is 24.5 Å². The highest BCUT2D eigenvalue weighted by molar-refractivity contribution is 6.28. The molecule has 4 atom stereocenters. The molecule has 1 aromatic carbocycles. The van der Waals surface area contributed by atoms with Gasteiger partial charge in [0.15, 0.2) is 23.2 Å². The Morgan fingerprint density at radius 1 is 1.17 bits per heavy atom. The van der Waals surface area contributed by atoms with Crippen molar-refractivity contribution in [3.8, 4) is 11.5 Å². The standard InChI is InChI=1S/C17H18ClN5O6/c18-17-21-14(19-4-7-3-8(25)1-2-9(7)26)11-15(22-17)23(6-20-11)16-13(28)12(27)10(5-24)29-16/h1-3,6,10,12-13,16,24-28H,4-5H2,(H,19,21,22)/t10-,12-,13-,16-/m1/s1. The number of aromatic hydroxyl groups is 2. The van der Waals surface area contributed by atoms with E-state index in [1.165, 1.54) is 29.1 Å². The first-order valence-electron chi connectivity index (χ1n) is 8.66. The molecule has 0 bridgehead atoms. The minimum Gasteiger partial charge on any atom is -0.508 e. The number of anilines is 1. The Hall–Kier alpha value is -2.70. The third-order valence-electron chi connectivity index (χ3n) is 4.69. The van der Waals surface area contributed by atoms with Gasteiger partial charge in [-0.3, -0.25) is 4.57 Å². The normalized spacial score (nSPS) is 24.3. The largest absolute Gasteiger partial charge is 0.508 e. The minimum absolute atomic E-state index is 0.000824. The molecule has 12 heteroatoms. The number of hydrogen-bond donors (Lipinski definition) is 6.